The van der Waals surface area contributed by atoms with Crippen molar-refractivity contribution in [3.8, 4) is 0 Å². The molecule has 1 heterocycles. The standard InChI is InChI=1S/C15H18N4O2/c1-9-5-6-11(10(2)7-9)14(20)17-12-8-19(4)18-13(12)15(21)16-3/h5-8H,1-4H3,(H,16,21)(H,17,20). The normalized spacial score (nSPS) is 10.3. The summed E-state index contributed by atoms with van der Waals surface area (Å²) in [6.07, 6.45) is 1.60. The molecule has 2 amide bonds. The van der Waals surface area contributed by atoms with Crippen molar-refractivity contribution in [3.63, 3.8) is 0 Å². The van der Waals surface area contributed by atoms with Gasteiger partial charge in [0.15, 0.2) is 5.69 Å². The van der Waals surface area contributed by atoms with Gasteiger partial charge in [-0.05, 0) is 25.5 Å². The molecule has 2 aromatic rings. The van der Waals surface area contributed by atoms with Gasteiger partial charge in [-0.25, -0.2) is 0 Å². The summed E-state index contributed by atoms with van der Waals surface area (Å²) in [5.74, 6) is -0.600. The van der Waals surface area contributed by atoms with Crippen LogP contribution in [-0.4, -0.2) is 28.6 Å². The minimum absolute atomic E-state index is 0.193. The lowest BCUT2D eigenvalue weighted by Crippen LogP contribution is -2.21. The highest BCUT2D eigenvalue weighted by Crippen LogP contribution is 2.17. The number of hydrogen-bond acceptors (Lipinski definition) is 3. The fourth-order valence-electron chi connectivity index (χ4n) is 2.12. The van der Waals surface area contributed by atoms with E-state index in [1.165, 1.54) is 11.7 Å². The number of aromatic nitrogens is 2. The molecule has 0 aliphatic carbocycles. The van der Waals surface area contributed by atoms with Gasteiger partial charge in [0, 0.05) is 25.9 Å². The summed E-state index contributed by atoms with van der Waals surface area (Å²) in [4.78, 5) is 24.1. The van der Waals surface area contributed by atoms with Crippen molar-refractivity contribution in [2.75, 3.05) is 12.4 Å². The van der Waals surface area contributed by atoms with E-state index in [4.69, 9.17) is 0 Å². The van der Waals surface area contributed by atoms with Crippen LogP contribution in [0.25, 0.3) is 0 Å². The molecule has 0 radical (unpaired) electrons. The first-order valence-corrected chi connectivity index (χ1v) is 6.56. The molecule has 0 atom stereocenters. The molecule has 110 valence electrons. The Morgan fingerprint density at radius 1 is 1.19 bits per heavy atom. The Kier molecular flexibility index (Phi) is 4.07. The first kappa shape index (κ1) is 14.8. The van der Waals surface area contributed by atoms with Crippen LogP contribution in [0.3, 0.4) is 0 Å². The van der Waals surface area contributed by atoms with E-state index in [0.717, 1.165) is 11.1 Å². The highest BCUT2D eigenvalue weighted by atomic mass is 16.2. The van der Waals surface area contributed by atoms with E-state index in [0.29, 0.717) is 11.3 Å². The number of carbonyl (C=O) groups is 2. The van der Waals surface area contributed by atoms with Gasteiger partial charge >= 0.3 is 0 Å². The van der Waals surface area contributed by atoms with Crippen molar-refractivity contribution in [1.29, 1.82) is 0 Å². The van der Waals surface area contributed by atoms with Gasteiger partial charge in [-0.2, -0.15) is 5.10 Å². The lowest BCUT2D eigenvalue weighted by Gasteiger charge is -2.08. The van der Waals surface area contributed by atoms with Crippen molar-refractivity contribution < 1.29 is 9.59 Å². The maximum atomic E-state index is 12.3. The Bertz CT molecular complexity index is 704. The lowest BCUT2D eigenvalue weighted by molar-refractivity contribution is 0.0958. The van der Waals surface area contributed by atoms with Crippen molar-refractivity contribution in [2.45, 2.75) is 13.8 Å². The zero-order chi connectivity index (χ0) is 15.6. The predicted molar refractivity (Wildman–Crippen MR) is 80.5 cm³/mol. The fourth-order valence-corrected chi connectivity index (χ4v) is 2.12. The largest absolute Gasteiger partial charge is 0.354 e. The van der Waals surface area contributed by atoms with Gasteiger partial charge in [-0.1, -0.05) is 17.7 Å². The molecule has 6 nitrogen and oxygen atoms in total. The van der Waals surface area contributed by atoms with Crippen molar-refractivity contribution in [3.05, 3.63) is 46.8 Å². The maximum Gasteiger partial charge on any atom is 0.273 e. The monoisotopic (exact) mass is 286 g/mol. The minimum Gasteiger partial charge on any atom is -0.354 e. The van der Waals surface area contributed by atoms with E-state index in [9.17, 15) is 9.59 Å². The highest BCUT2D eigenvalue weighted by Gasteiger charge is 2.18. The van der Waals surface area contributed by atoms with Crippen LogP contribution >= 0.6 is 0 Å². The number of hydrogen-bond donors (Lipinski definition) is 2. The zero-order valence-corrected chi connectivity index (χ0v) is 12.5. The smallest absolute Gasteiger partial charge is 0.273 e. The second kappa shape index (κ2) is 5.78. The van der Waals surface area contributed by atoms with Crippen LogP contribution in [0.15, 0.2) is 24.4 Å². The SMILES string of the molecule is CNC(=O)c1nn(C)cc1NC(=O)c1ccc(C)cc1C. The zero-order valence-electron chi connectivity index (χ0n) is 12.5. The fraction of sp³-hybridized carbons (Fsp3) is 0.267. The quantitative estimate of drug-likeness (QED) is 0.900. The second-order valence-electron chi connectivity index (χ2n) is 4.92. The summed E-state index contributed by atoms with van der Waals surface area (Å²) in [7, 11) is 3.21. The molecule has 0 unspecified atom stereocenters. The van der Waals surface area contributed by atoms with Crippen LogP contribution < -0.4 is 10.6 Å². The molecule has 6 heteroatoms. The molecule has 1 aromatic carbocycles. The number of nitrogens with one attached hydrogen (secondary N) is 2. The molecule has 0 fully saturated rings. The first-order chi connectivity index (χ1) is 9.92. The molecule has 1 aromatic heterocycles. The number of amides is 2. The Balaban J connectivity index is 2.29. The summed E-state index contributed by atoms with van der Waals surface area (Å²) < 4.78 is 1.49. The summed E-state index contributed by atoms with van der Waals surface area (Å²) in [6, 6.07) is 5.60. The summed E-state index contributed by atoms with van der Waals surface area (Å²) in [5.41, 5.74) is 3.14. The number of anilines is 1. The number of aryl methyl sites for hydroxylation is 3. The van der Waals surface area contributed by atoms with Crippen LogP contribution in [-0.2, 0) is 7.05 Å². The summed E-state index contributed by atoms with van der Waals surface area (Å²) in [5, 5.41) is 9.30. The third-order valence-electron chi connectivity index (χ3n) is 3.15. The summed E-state index contributed by atoms with van der Waals surface area (Å²) >= 11 is 0. The van der Waals surface area contributed by atoms with Crippen molar-refractivity contribution in [2.24, 2.45) is 7.05 Å². The van der Waals surface area contributed by atoms with E-state index in [-0.39, 0.29) is 17.5 Å². The third-order valence-corrected chi connectivity index (χ3v) is 3.15. The number of benzene rings is 1. The van der Waals surface area contributed by atoms with E-state index in [1.54, 1.807) is 19.3 Å². The number of nitrogens with zero attached hydrogens (tertiary/aromatic N) is 2. The average Bonchev–Trinajstić information content (AvgIpc) is 2.78. The topological polar surface area (TPSA) is 76.0 Å². The van der Waals surface area contributed by atoms with Gasteiger partial charge in [-0.3, -0.25) is 14.3 Å². The van der Waals surface area contributed by atoms with E-state index < -0.39 is 0 Å². The summed E-state index contributed by atoms with van der Waals surface area (Å²) in [6.45, 7) is 3.85. The van der Waals surface area contributed by atoms with Gasteiger partial charge in [0.2, 0.25) is 0 Å². The molecular weight excluding hydrogens is 268 g/mol. The van der Waals surface area contributed by atoms with E-state index in [1.807, 2.05) is 26.0 Å². The van der Waals surface area contributed by atoms with Gasteiger partial charge in [-0.15, -0.1) is 0 Å². The molecule has 21 heavy (non-hydrogen) atoms. The average molecular weight is 286 g/mol. The van der Waals surface area contributed by atoms with Gasteiger partial charge in [0.05, 0.1) is 5.69 Å². The Labute approximate surface area is 123 Å². The molecule has 0 aliphatic heterocycles. The second-order valence-corrected chi connectivity index (χ2v) is 4.92. The van der Waals surface area contributed by atoms with Crippen molar-refractivity contribution in [1.82, 2.24) is 15.1 Å². The molecule has 0 spiro atoms. The first-order valence-electron chi connectivity index (χ1n) is 6.56. The minimum atomic E-state index is -0.341. The lowest BCUT2D eigenvalue weighted by atomic mass is 10.1. The van der Waals surface area contributed by atoms with Crippen molar-refractivity contribution >= 4 is 17.5 Å². The van der Waals surface area contributed by atoms with Gasteiger partial charge in [0.1, 0.15) is 0 Å². The molecule has 0 bridgehead atoms. The Hall–Kier alpha value is -2.63. The molecule has 0 saturated heterocycles. The molecular formula is C15H18N4O2. The van der Waals surface area contributed by atoms with E-state index in [2.05, 4.69) is 15.7 Å². The Morgan fingerprint density at radius 2 is 1.90 bits per heavy atom. The molecule has 0 saturated carbocycles. The third kappa shape index (κ3) is 3.10. The highest BCUT2D eigenvalue weighted by molar-refractivity contribution is 6.08. The molecule has 0 aliphatic rings. The Morgan fingerprint density at radius 3 is 2.52 bits per heavy atom. The molecule has 2 N–H and O–H groups in total. The van der Waals surface area contributed by atoms with Gasteiger partial charge < -0.3 is 10.6 Å². The number of carbonyl (C=O) groups excluding carboxylic acids is 2. The van der Waals surface area contributed by atoms with Crippen LogP contribution in [0.1, 0.15) is 32.0 Å². The molecule has 2 rings (SSSR count). The number of rotatable bonds is 3. The predicted octanol–water partition coefficient (Wildman–Crippen LogP) is 1.65. The van der Waals surface area contributed by atoms with Gasteiger partial charge in [0.25, 0.3) is 11.8 Å². The van der Waals surface area contributed by atoms with Crippen LogP contribution in [0, 0.1) is 13.8 Å². The van der Waals surface area contributed by atoms with Crippen LogP contribution in [0.2, 0.25) is 0 Å². The van der Waals surface area contributed by atoms with E-state index >= 15 is 0 Å². The maximum absolute atomic E-state index is 12.3. The van der Waals surface area contributed by atoms with Crippen LogP contribution in [0.5, 0.6) is 0 Å². The van der Waals surface area contributed by atoms with Crippen LogP contribution in [0.4, 0.5) is 5.69 Å².